The highest BCUT2D eigenvalue weighted by Gasteiger charge is 2.36. The Bertz CT molecular complexity index is 1080. The molecule has 2 aliphatic rings. The van der Waals surface area contributed by atoms with Crippen LogP contribution in [0.15, 0.2) is 36.4 Å². The summed E-state index contributed by atoms with van der Waals surface area (Å²) in [7, 11) is 0. The first-order valence-electron chi connectivity index (χ1n) is 11.9. The highest BCUT2D eigenvalue weighted by molar-refractivity contribution is 5.86. The van der Waals surface area contributed by atoms with Crippen molar-refractivity contribution in [2.75, 3.05) is 0 Å². The van der Waals surface area contributed by atoms with E-state index in [4.69, 9.17) is 4.74 Å². The second kappa shape index (κ2) is 9.21. The number of hydrogen-bond acceptors (Lipinski definition) is 1. The van der Waals surface area contributed by atoms with Crippen molar-refractivity contribution >= 4 is 10.9 Å². The number of alkyl halides is 3. The molecular formula is C27H32F3NO. The van der Waals surface area contributed by atoms with Crippen molar-refractivity contribution in [1.29, 1.82) is 0 Å². The number of rotatable bonds is 4. The van der Waals surface area contributed by atoms with Gasteiger partial charge in [-0.25, -0.2) is 0 Å². The molecule has 2 nitrogen and oxygen atoms in total. The zero-order valence-electron chi connectivity index (χ0n) is 19.1. The summed E-state index contributed by atoms with van der Waals surface area (Å²) in [5.74, 6) is 1.25. The fraction of sp³-hybridized carbons (Fsp3) is 0.481. The predicted octanol–water partition coefficient (Wildman–Crippen LogP) is 8.50. The van der Waals surface area contributed by atoms with Crippen LogP contribution in [0.5, 0.6) is 5.75 Å². The minimum atomic E-state index is -4.34. The molecule has 1 atom stereocenters. The molecule has 32 heavy (non-hydrogen) atoms. The number of fused-ring (bicyclic) bond motifs is 3. The summed E-state index contributed by atoms with van der Waals surface area (Å²) in [6, 6.07) is 10.6. The third kappa shape index (κ3) is 4.39. The summed E-state index contributed by atoms with van der Waals surface area (Å²) < 4.78 is 47.0. The van der Waals surface area contributed by atoms with E-state index in [0.29, 0.717) is 22.8 Å². The normalized spacial score (nSPS) is 18.5. The van der Waals surface area contributed by atoms with Crippen LogP contribution in [0.2, 0.25) is 0 Å². The molecule has 1 saturated carbocycles. The Morgan fingerprint density at radius 3 is 2.47 bits per heavy atom. The smallest absolute Gasteiger partial charge is 0.416 e. The quantitative estimate of drug-likeness (QED) is 0.429. The SMILES string of the molecule is CC.CC1CCc2c1[nH]c1ccc(OCc3ccc(C4CCCC4)c(C(F)(F)F)c3)cc21. The molecule has 1 unspecified atom stereocenters. The first-order chi connectivity index (χ1) is 15.4. The van der Waals surface area contributed by atoms with E-state index in [-0.39, 0.29) is 12.5 Å². The van der Waals surface area contributed by atoms with Crippen LogP contribution in [0.4, 0.5) is 13.2 Å². The Morgan fingerprint density at radius 2 is 1.75 bits per heavy atom. The van der Waals surface area contributed by atoms with Gasteiger partial charge in [-0.05, 0) is 78.5 Å². The van der Waals surface area contributed by atoms with Gasteiger partial charge in [-0.3, -0.25) is 0 Å². The van der Waals surface area contributed by atoms with Gasteiger partial charge >= 0.3 is 6.18 Å². The van der Waals surface area contributed by atoms with Gasteiger partial charge in [-0.15, -0.1) is 0 Å². The number of aromatic nitrogens is 1. The van der Waals surface area contributed by atoms with E-state index in [0.717, 1.165) is 44.0 Å². The number of aryl methyl sites for hydroxylation is 1. The fourth-order valence-corrected chi connectivity index (χ4v) is 5.23. The molecule has 3 aromatic rings. The summed E-state index contributed by atoms with van der Waals surface area (Å²) >= 11 is 0. The van der Waals surface area contributed by atoms with Crippen LogP contribution >= 0.6 is 0 Å². The Balaban J connectivity index is 0.00000119. The maximum absolute atomic E-state index is 13.7. The van der Waals surface area contributed by atoms with Gasteiger partial charge < -0.3 is 9.72 Å². The zero-order valence-corrected chi connectivity index (χ0v) is 19.1. The molecule has 1 N–H and O–H groups in total. The number of aromatic amines is 1. The number of ether oxygens (including phenoxy) is 1. The summed E-state index contributed by atoms with van der Waals surface area (Å²) in [6.07, 6.45) is 1.58. The van der Waals surface area contributed by atoms with Gasteiger partial charge in [0.15, 0.2) is 0 Å². The van der Waals surface area contributed by atoms with Gasteiger partial charge in [0, 0.05) is 16.6 Å². The van der Waals surface area contributed by atoms with Crippen LogP contribution in [0, 0.1) is 0 Å². The number of benzene rings is 2. The van der Waals surface area contributed by atoms with Crippen molar-refractivity contribution in [1.82, 2.24) is 4.98 Å². The van der Waals surface area contributed by atoms with Crippen molar-refractivity contribution in [3.8, 4) is 5.75 Å². The Morgan fingerprint density at radius 1 is 1.00 bits per heavy atom. The van der Waals surface area contributed by atoms with Crippen molar-refractivity contribution in [3.63, 3.8) is 0 Å². The fourth-order valence-electron chi connectivity index (χ4n) is 5.23. The van der Waals surface area contributed by atoms with E-state index in [1.807, 2.05) is 32.0 Å². The van der Waals surface area contributed by atoms with Gasteiger partial charge in [0.2, 0.25) is 0 Å². The number of H-pyrrole nitrogens is 1. The Kier molecular flexibility index (Phi) is 6.55. The third-order valence-corrected chi connectivity index (χ3v) is 6.85. The summed E-state index contributed by atoms with van der Waals surface area (Å²) in [6.45, 7) is 6.36. The lowest BCUT2D eigenvalue weighted by molar-refractivity contribution is -0.138. The number of hydrogen-bond donors (Lipinski definition) is 1. The van der Waals surface area contributed by atoms with Crippen LogP contribution in [-0.4, -0.2) is 4.98 Å². The molecule has 5 heteroatoms. The molecule has 2 aliphatic carbocycles. The molecule has 5 rings (SSSR count). The standard InChI is InChI=1S/C25H26F3NO.C2H6/c1-15-6-9-20-21-13-18(8-11-23(21)29-24(15)20)30-14-16-7-10-19(17-4-2-3-5-17)22(12-16)25(26,27)28;1-2/h7-8,10-13,15,17,29H,2-6,9,14H2,1H3;1-2H3. The first-order valence-corrected chi connectivity index (χ1v) is 11.9. The molecule has 1 heterocycles. The van der Waals surface area contributed by atoms with Gasteiger partial charge in [0.05, 0.1) is 5.56 Å². The van der Waals surface area contributed by atoms with Gasteiger partial charge in [-0.1, -0.05) is 45.7 Å². The van der Waals surface area contributed by atoms with Crippen molar-refractivity contribution in [3.05, 3.63) is 64.3 Å². The largest absolute Gasteiger partial charge is 0.489 e. The molecule has 0 bridgehead atoms. The molecule has 1 aromatic heterocycles. The second-order valence-electron chi connectivity index (χ2n) is 8.85. The van der Waals surface area contributed by atoms with Crippen molar-refractivity contribution in [2.24, 2.45) is 0 Å². The summed E-state index contributed by atoms with van der Waals surface area (Å²) in [4.78, 5) is 3.50. The lowest BCUT2D eigenvalue weighted by Gasteiger charge is -2.19. The lowest BCUT2D eigenvalue weighted by Crippen LogP contribution is -2.12. The predicted molar refractivity (Wildman–Crippen MR) is 123 cm³/mol. The minimum Gasteiger partial charge on any atom is -0.489 e. The molecule has 1 fully saturated rings. The lowest BCUT2D eigenvalue weighted by atomic mass is 9.91. The maximum Gasteiger partial charge on any atom is 0.416 e. The molecule has 0 spiro atoms. The van der Waals surface area contributed by atoms with E-state index >= 15 is 0 Å². The minimum absolute atomic E-state index is 0.0251. The van der Waals surface area contributed by atoms with Crippen LogP contribution in [-0.2, 0) is 19.2 Å². The van der Waals surface area contributed by atoms with Crippen molar-refractivity contribution < 1.29 is 17.9 Å². The maximum atomic E-state index is 13.7. The van der Waals surface area contributed by atoms with Crippen LogP contribution in [0.1, 0.15) is 92.7 Å². The molecular weight excluding hydrogens is 411 g/mol. The monoisotopic (exact) mass is 443 g/mol. The van der Waals surface area contributed by atoms with Gasteiger partial charge in [0.1, 0.15) is 12.4 Å². The van der Waals surface area contributed by atoms with E-state index < -0.39 is 11.7 Å². The Hall–Kier alpha value is -2.43. The molecule has 172 valence electrons. The number of nitrogens with one attached hydrogen (secondary N) is 1. The molecule has 0 aliphatic heterocycles. The molecule has 0 radical (unpaired) electrons. The van der Waals surface area contributed by atoms with Crippen LogP contribution < -0.4 is 4.74 Å². The average molecular weight is 444 g/mol. The van der Waals surface area contributed by atoms with E-state index in [2.05, 4.69) is 11.9 Å². The second-order valence-corrected chi connectivity index (χ2v) is 8.85. The van der Waals surface area contributed by atoms with E-state index in [1.54, 1.807) is 12.1 Å². The Labute approximate surface area is 188 Å². The molecule has 0 saturated heterocycles. The first kappa shape index (κ1) is 22.8. The zero-order chi connectivity index (χ0) is 22.9. The van der Waals surface area contributed by atoms with E-state index in [1.165, 1.54) is 22.7 Å². The summed E-state index contributed by atoms with van der Waals surface area (Å²) in [5.41, 5.74) is 4.25. The highest BCUT2D eigenvalue weighted by Crippen LogP contribution is 2.42. The van der Waals surface area contributed by atoms with Crippen molar-refractivity contribution in [2.45, 2.75) is 83.9 Å². The average Bonchev–Trinajstić information content (AvgIpc) is 3.52. The molecule has 2 aromatic carbocycles. The summed E-state index contributed by atoms with van der Waals surface area (Å²) in [5, 5.41) is 1.17. The van der Waals surface area contributed by atoms with Crippen LogP contribution in [0.3, 0.4) is 0 Å². The van der Waals surface area contributed by atoms with Crippen LogP contribution in [0.25, 0.3) is 10.9 Å². The third-order valence-electron chi connectivity index (χ3n) is 6.85. The van der Waals surface area contributed by atoms with Gasteiger partial charge in [0.25, 0.3) is 0 Å². The number of halogens is 3. The molecule has 0 amide bonds. The van der Waals surface area contributed by atoms with E-state index in [9.17, 15) is 13.2 Å². The topological polar surface area (TPSA) is 25.0 Å². The highest BCUT2D eigenvalue weighted by atomic mass is 19.4. The van der Waals surface area contributed by atoms with Gasteiger partial charge in [-0.2, -0.15) is 13.2 Å².